The normalized spacial score (nSPS) is 27.5. The topological polar surface area (TPSA) is 0 Å². The van der Waals surface area contributed by atoms with Crippen LogP contribution < -0.4 is 0 Å². The quantitative estimate of drug-likeness (QED) is 0.637. The molecule has 0 saturated heterocycles. The first-order chi connectivity index (χ1) is 9.38. The Bertz CT molecular complexity index is 557. The monoisotopic (exact) mass is 248 g/mol. The van der Waals surface area contributed by atoms with Crippen molar-refractivity contribution in [1.29, 1.82) is 0 Å². The highest BCUT2D eigenvalue weighted by Gasteiger charge is 2.40. The smallest absolute Gasteiger partial charge is 0.00840 e. The van der Waals surface area contributed by atoms with E-state index in [9.17, 15) is 0 Å². The Morgan fingerprint density at radius 1 is 0.789 bits per heavy atom. The zero-order valence-electron chi connectivity index (χ0n) is 11.5. The highest BCUT2D eigenvalue weighted by molar-refractivity contribution is 5.75. The third kappa shape index (κ3) is 1.59. The molecule has 2 aliphatic carbocycles. The summed E-state index contributed by atoms with van der Waals surface area (Å²) in [6.07, 6.45) is 4.09. The molecule has 0 bridgehead atoms. The Balaban J connectivity index is 1.93. The Morgan fingerprint density at radius 3 is 1.74 bits per heavy atom. The Morgan fingerprint density at radius 2 is 1.26 bits per heavy atom. The van der Waals surface area contributed by atoms with Crippen molar-refractivity contribution >= 4 is 0 Å². The molecule has 1 saturated carbocycles. The van der Waals surface area contributed by atoms with Crippen molar-refractivity contribution in [2.45, 2.75) is 38.0 Å². The molecule has 0 radical (unpaired) electrons. The zero-order chi connectivity index (χ0) is 12.8. The minimum Gasteiger partial charge on any atom is -0.0651 e. The lowest BCUT2D eigenvalue weighted by atomic mass is 9.73. The van der Waals surface area contributed by atoms with Crippen molar-refractivity contribution in [3.63, 3.8) is 0 Å². The predicted octanol–water partition coefficient (Wildman–Crippen LogP) is 5.35. The lowest BCUT2D eigenvalue weighted by Crippen LogP contribution is -2.12. The standard InChI is InChI=1S/C19H20/c1-2-13-11-18-16-9-5-3-7-14(16)15-8-4-6-10-17(15)19(18)12-13/h3-10,13,18-19H,2,11-12H2,1H3. The van der Waals surface area contributed by atoms with E-state index in [-0.39, 0.29) is 0 Å². The van der Waals surface area contributed by atoms with E-state index in [0.29, 0.717) is 0 Å². The number of hydrogen-bond acceptors (Lipinski definition) is 0. The van der Waals surface area contributed by atoms with Gasteiger partial charge in [-0.1, -0.05) is 61.9 Å². The maximum atomic E-state index is 2.36. The second kappa shape index (κ2) is 4.23. The van der Waals surface area contributed by atoms with E-state index < -0.39 is 0 Å². The minimum absolute atomic E-state index is 0.760. The minimum atomic E-state index is 0.760. The van der Waals surface area contributed by atoms with Crippen LogP contribution >= 0.6 is 0 Å². The van der Waals surface area contributed by atoms with Gasteiger partial charge in [-0.3, -0.25) is 0 Å². The molecule has 2 unspecified atom stereocenters. The average Bonchev–Trinajstić information content (AvgIpc) is 2.92. The van der Waals surface area contributed by atoms with E-state index in [0.717, 1.165) is 17.8 Å². The van der Waals surface area contributed by atoms with Gasteiger partial charge in [0.1, 0.15) is 0 Å². The molecule has 2 aliphatic rings. The molecular weight excluding hydrogens is 228 g/mol. The van der Waals surface area contributed by atoms with Crippen LogP contribution in [-0.4, -0.2) is 0 Å². The first-order valence-corrected chi connectivity index (χ1v) is 7.56. The molecule has 0 heterocycles. The van der Waals surface area contributed by atoms with E-state index in [1.165, 1.54) is 30.4 Å². The summed E-state index contributed by atoms with van der Waals surface area (Å²) in [5.41, 5.74) is 6.16. The van der Waals surface area contributed by atoms with Crippen molar-refractivity contribution < 1.29 is 0 Å². The number of rotatable bonds is 1. The molecule has 0 aromatic heterocycles. The first kappa shape index (κ1) is 11.3. The number of fused-ring (bicyclic) bond motifs is 6. The van der Waals surface area contributed by atoms with Gasteiger partial charge in [-0.25, -0.2) is 0 Å². The second-order valence-corrected chi connectivity index (χ2v) is 6.13. The SMILES string of the molecule is CCC1CC2c3ccccc3-c3ccccc3C2C1. The molecule has 2 aromatic rings. The number of benzene rings is 2. The van der Waals surface area contributed by atoms with Gasteiger partial charge in [-0.05, 0) is 52.8 Å². The van der Waals surface area contributed by atoms with E-state index in [2.05, 4.69) is 55.5 Å². The summed E-state index contributed by atoms with van der Waals surface area (Å²) in [6, 6.07) is 18.1. The Labute approximate surface area is 115 Å². The van der Waals surface area contributed by atoms with Crippen LogP contribution in [0.1, 0.15) is 49.1 Å². The molecule has 19 heavy (non-hydrogen) atoms. The Kier molecular flexibility index (Phi) is 2.51. The molecule has 2 aromatic carbocycles. The lowest BCUT2D eigenvalue weighted by molar-refractivity contribution is 0.518. The van der Waals surface area contributed by atoms with Crippen LogP contribution in [0.5, 0.6) is 0 Å². The van der Waals surface area contributed by atoms with E-state index in [1.54, 1.807) is 11.1 Å². The van der Waals surface area contributed by atoms with Gasteiger partial charge >= 0.3 is 0 Å². The van der Waals surface area contributed by atoms with Crippen molar-refractivity contribution in [2.24, 2.45) is 5.92 Å². The van der Waals surface area contributed by atoms with Crippen LogP contribution in [0.2, 0.25) is 0 Å². The molecule has 0 nitrogen and oxygen atoms in total. The lowest BCUT2D eigenvalue weighted by Gasteiger charge is -2.30. The molecule has 96 valence electrons. The van der Waals surface area contributed by atoms with E-state index >= 15 is 0 Å². The van der Waals surface area contributed by atoms with E-state index in [1.807, 2.05) is 0 Å². The van der Waals surface area contributed by atoms with Crippen molar-refractivity contribution in [1.82, 2.24) is 0 Å². The van der Waals surface area contributed by atoms with Crippen LogP contribution in [0.3, 0.4) is 0 Å². The van der Waals surface area contributed by atoms with Crippen LogP contribution in [0.4, 0.5) is 0 Å². The summed E-state index contributed by atoms with van der Waals surface area (Å²) < 4.78 is 0. The maximum absolute atomic E-state index is 2.36. The number of hydrogen-bond donors (Lipinski definition) is 0. The van der Waals surface area contributed by atoms with Crippen molar-refractivity contribution in [3.8, 4) is 11.1 Å². The molecule has 0 spiro atoms. The molecule has 0 heteroatoms. The van der Waals surface area contributed by atoms with Gasteiger partial charge in [0.05, 0.1) is 0 Å². The summed E-state index contributed by atoms with van der Waals surface area (Å²) in [4.78, 5) is 0. The van der Waals surface area contributed by atoms with Gasteiger partial charge in [0.25, 0.3) is 0 Å². The first-order valence-electron chi connectivity index (χ1n) is 7.56. The van der Waals surface area contributed by atoms with Crippen molar-refractivity contribution in [2.75, 3.05) is 0 Å². The van der Waals surface area contributed by atoms with Crippen LogP contribution in [0.15, 0.2) is 48.5 Å². The van der Waals surface area contributed by atoms with Gasteiger partial charge in [-0.15, -0.1) is 0 Å². The second-order valence-electron chi connectivity index (χ2n) is 6.13. The molecule has 0 N–H and O–H groups in total. The fraction of sp³-hybridized carbons (Fsp3) is 0.368. The third-order valence-corrected chi connectivity index (χ3v) is 5.25. The summed E-state index contributed by atoms with van der Waals surface area (Å²) >= 11 is 0. The van der Waals surface area contributed by atoms with Gasteiger partial charge in [0.15, 0.2) is 0 Å². The summed E-state index contributed by atoms with van der Waals surface area (Å²) in [5, 5.41) is 0. The average molecular weight is 248 g/mol. The van der Waals surface area contributed by atoms with Gasteiger partial charge < -0.3 is 0 Å². The largest absolute Gasteiger partial charge is 0.0651 e. The Hall–Kier alpha value is -1.56. The highest BCUT2D eigenvalue weighted by Crippen LogP contribution is 2.56. The fourth-order valence-electron chi connectivity index (χ4n) is 4.29. The maximum Gasteiger partial charge on any atom is -0.00840 e. The molecule has 0 amide bonds. The molecule has 1 fully saturated rings. The van der Waals surface area contributed by atoms with Crippen molar-refractivity contribution in [3.05, 3.63) is 59.7 Å². The van der Waals surface area contributed by atoms with Gasteiger partial charge in [0.2, 0.25) is 0 Å². The molecule has 2 atom stereocenters. The van der Waals surface area contributed by atoms with Crippen LogP contribution in [0.25, 0.3) is 11.1 Å². The molecule has 0 aliphatic heterocycles. The van der Waals surface area contributed by atoms with Gasteiger partial charge in [0, 0.05) is 0 Å². The predicted molar refractivity (Wildman–Crippen MR) is 80.4 cm³/mol. The van der Waals surface area contributed by atoms with E-state index in [4.69, 9.17) is 0 Å². The molecule has 4 rings (SSSR count). The summed E-state index contributed by atoms with van der Waals surface area (Å²) in [7, 11) is 0. The highest BCUT2D eigenvalue weighted by atomic mass is 14.4. The van der Waals surface area contributed by atoms with Crippen LogP contribution in [-0.2, 0) is 0 Å². The summed E-state index contributed by atoms with van der Waals surface area (Å²) in [5.74, 6) is 2.43. The fourth-order valence-corrected chi connectivity index (χ4v) is 4.29. The zero-order valence-corrected chi connectivity index (χ0v) is 11.5. The third-order valence-electron chi connectivity index (χ3n) is 5.25. The molecular formula is C19H20. The van der Waals surface area contributed by atoms with Gasteiger partial charge in [-0.2, -0.15) is 0 Å². The summed E-state index contributed by atoms with van der Waals surface area (Å²) in [6.45, 7) is 2.35. The van der Waals surface area contributed by atoms with Crippen LogP contribution in [0, 0.1) is 5.92 Å².